The SMILES string of the molecule is COCCNC(=O)CSc1ccccc1C(=O)NCCc1ccc(N)cc1. The fraction of sp³-hybridized carbons (Fsp3) is 0.300. The summed E-state index contributed by atoms with van der Waals surface area (Å²) in [5.74, 6) is 0.0170. The summed E-state index contributed by atoms with van der Waals surface area (Å²) in [7, 11) is 1.59. The molecule has 0 fully saturated rings. The third-order valence-electron chi connectivity index (χ3n) is 3.80. The predicted octanol–water partition coefficient (Wildman–Crippen LogP) is 2.10. The van der Waals surface area contributed by atoms with Gasteiger partial charge in [-0.1, -0.05) is 24.3 Å². The van der Waals surface area contributed by atoms with Gasteiger partial charge in [-0.05, 0) is 36.2 Å². The Kier molecular flexibility index (Phi) is 8.67. The third kappa shape index (κ3) is 7.32. The van der Waals surface area contributed by atoms with E-state index in [-0.39, 0.29) is 17.6 Å². The Morgan fingerprint density at radius 1 is 1.04 bits per heavy atom. The summed E-state index contributed by atoms with van der Waals surface area (Å²) in [5.41, 5.74) is 8.08. The van der Waals surface area contributed by atoms with E-state index >= 15 is 0 Å². The number of nitrogens with two attached hydrogens (primary N) is 1. The van der Waals surface area contributed by atoms with Crippen LogP contribution in [0.15, 0.2) is 53.4 Å². The molecule has 7 heteroatoms. The number of hydrogen-bond acceptors (Lipinski definition) is 5. The van der Waals surface area contributed by atoms with Crippen LogP contribution in [0.25, 0.3) is 0 Å². The fourth-order valence-corrected chi connectivity index (χ4v) is 3.25. The monoisotopic (exact) mass is 387 g/mol. The van der Waals surface area contributed by atoms with Gasteiger partial charge < -0.3 is 21.1 Å². The normalized spacial score (nSPS) is 10.4. The van der Waals surface area contributed by atoms with Crippen molar-refractivity contribution >= 4 is 29.3 Å². The molecule has 2 aromatic carbocycles. The number of nitrogens with one attached hydrogen (secondary N) is 2. The van der Waals surface area contributed by atoms with E-state index in [2.05, 4.69) is 10.6 Å². The summed E-state index contributed by atoms with van der Waals surface area (Å²) in [6.45, 7) is 1.48. The summed E-state index contributed by atoms with van der Waals surface area (Å²) >= 11 is 1.35. The molecule has 0 aliphatic carbocycles. The average molecular weight is 388 g/mol. The molecular formula is C20H25N3O3S. The minimum atomic E-state index is -0.145. The zero-order chi connectivity index (χ0) is 19.5. The van der Waals surface area contributed by atoms with Crippen molar-refractivity contribution in [3.05, 3.63) is 59.7 Å². The standard InChI is InChI=1S/C20H25N3O3S/c1-26-13-12-22-19(24)14-27-18-5-3-2-4-17(18)20(25)23-11-10-15-6-8-16(21)9-7-15/h2-9H,10-14,21H2,1H3,(H,22,24)(H,23,25). The zero-order valence-electron chi connectivity index (χ0n) is 15.4. The summed E-state index contributed by atoms with van der Waals surface area (Å²) in [5, 5.41) is 5.70. The van der Waals surface area contributed by atoms with E-state index in [4.69, 9.17) is 10.5 Å². The van der Waals surface area contributed by atoms with Crippen molar-refractivity contribution in [1.82, 2.24) is 10.6 Å². The van der Waals surface area contributed by atoms with E-state index in [0.29, 0.717) is 25.3 Å². The molecule has 0 aliphatic rings. The number of anilines is 1. The second kappa shape index (κ2) is 11.3. The number of rotatable bonds is 10. The molecule has 0 unspecified atom stereocenters. The second-order valence-corrected chi connectivity index (χ2v) is 6.89. The van der Waals surface area contributed by atoms with Gasteiger partial charge in [-0.3, -0.25) is 9.59 Å². The van der Waals surface area contributed by atoms with Crippen molar-refractivity contribution in [3.63, 3.8) is 0 Å². The molecule has 0 saturated heterocycles. The van der Waals surface area contributed by atoms with Gasteiger partial charge in [0.1, 0.15) is 0 Å². The van der Waals surface area contributed by atoms with Crippen LogP contribution in [0.4, 0.5) is 5.69 Å². The molecule has 4 N–H and O–H groups in total. The van der Waals surface area contributed by atoms with Gasteiger partial charge >= 0.3 is 0 Å². The Hall–Kier alpha value is -2.51. The molecule has 0 bridgehead atoms. The van der Waals surface area contributed by atoms with Crippen LogP contribution in [-0.4, -0.2) is 44.4 Å². The molecule has 27 heavy (non-hydrogen) atoms. The Bertz CT molecular complexity index is 750. The van der Waals surface area contributed by atoms with E-state index in [1.54, 1.807) is 13.2 Å². The molecule has 0 aromatic heterocycles. The van der Waals surface area contributed by atoms with Gasteiger partial charge in [0.25, 0.3) is 5.91 Å². The van der Waals surface area contributed by atoms with Gasteiger partial charge in [0, 0.05) is 30.8 Å². The first kappa shape index (κ1) is 20.8. The number of carbonyl (C=O) groups excluding carboxylic acids is 2. The lowest BCUT2D eigenvalue weighted by molar-refractivity contribution is -0.118. The van der Waals surface area contributed by atoms with E-state index in [1.807, 2.05) is 42.5 Å². The number of amides is 2. The maximum absolute atomic E-state index is 12.5. The van der Waals surface area contributed by atoms with Crippen LogP contribution in [-0.2, 0) is 16.0 Å². The lowest BCUT2D eigenvalue weighted by atomic mass is 10.1. The summed E-state index contributed by atoms with van der Waals surface area (Å²) in [6.07, 6.45) is 0.725. The fourth-order valence-electron chi connectivity index (χ4n) is 2.37. The van der Waals surface area contributed by atoms with Crippen LogP contribution in [0.5, 0.6) is 0 Å². The van der Waals surface area contributed by atoms with Gasteiger partial charge in [0.05, 0.1) is 17.9 Å². The molecule has 0 aliphatic heterocycles. The molecule has 2 rings (SSSR count). The lowest BCUT2D eigenvalue weighted by Crippen LogP contribution is -2.29. The first-order chi connectivity index (χ1) is 13.1. The lowest BCUT2D eigenvalue weighted by Gasteiger charge is -2.10. The van der Waals surface area contributed by atoms with Crippen molar-refractivity contribution in [2.45, 2.75) is 11.3 Å². The van der Waals surface area contributed by atoms with E-state index < -0.39 is 0 Å². The summed E-state index contributed by atoms with van der Waals surface area (Å²) in [4.78, 5) is 25.1. The van der Waals surface area contributed by atoms with Gasteiger partial charge in [0.15, 0.2) is 0 Å². The highest BCUT2D eigenvalue weighted by Gasteiger charge is 2.12. The summed E-state index contributed by atoms with van der Waals surface area (Å²) in [6, 6.07) is 14.9. The van der Waals surface area contributed by atoms with Crippen LogP contribution in [0.3, 0.4) is 0 Å². The number of thioether (sulfide) groups is 1. The maximum atomic E-state index is 12.5. The first-order valence-corrected chi connectivity index (χ1v) is 9.69. The summed E-state index contributed by atoms with van der Waals surface area (Å²) < 4.78 is 4.90. The van der Waals surface area contributed by atoms with E-state index in [0.717, 1.165) is 22.6 Å². The van der Waals surface area contributed by atoms with Crippen molar-refractivity contribution in [2.75, 3.05) is 38.3 Å². The minimum Gasteiger partial charge on any atom is -0.399 e. The largest absolute Gasteiger partial charge is 0.399 e. The van der Waals surface area contributed by atoms with E-state index in [1.165, 1.54) is 11.8 Å². The highest BCUT2D eigenvalue weighted by atomic mass is 32.2. The van der Waals surface area contributed by atoms with Crippen LogP contribution in [0.2, 0.25) is 0 Å². The first-order valence-electron chi connectivity index (χ1n) is 8.70. The van der Waals surface area contributed by atoms with Crippen LogP contribution < -0.4 is 16.4 Å². The average Bonchev–Trinajstić information content (AvgIpc) is 2.68. The Balaban J connectivity index is 1.85. The highest BCUT2D eigenvalue weighted by Crippen LogP contribution is 2.22. The number of methoxy groups -OCH3 is 1. The van der Waals surface area contributed by atoms with E-state index in [9.17, 15) is 9.59 Å². The minimum absolute atomic E-state index is 0.0874. The number of nitrogen functional groups attached to an aromatic ring is 1. The Morgan fingerprint density at radius 3 is 2.52 bits per heavy atom. The molecule has 0 radical (unpaired) electrons. The second-order valence-electron chi connectivity index (χ2n) is 5.88. The molecule has 2 amide bonds. The number of carbonyl (C=O) groups is 2. The predicted molar refractivity (Wildman–Crippen MR) is 109 cm³/mol. The van der Waals surface area contributed by atoms with Gasteiger partial charge in [-0.15, -0.1) is 11.8 Å². The Morgan fingerprint density at radius 2 is 1.78 bits per heavy atom. The molecule has 2 aromatic rings. The van der Waals surface area contributed by atoms with Gasteiger partial charge in [-0.25, -0.2) is 0 Å². The van der Waals surface area contributed by atoms with Crippen LogP contribution in [0.1, 0.15) is 15.9 Å². The van der Waals surface area contributed by atoms with Crippen molar-refractivity contribution in [2.24, 2.45) is 0 Å². The van der Waals surface area contributed by atoms with Crippen LogP contribution in [0, 0.1) is 0 Å². The quantitative estimate of drug-likeness (QED) is 0.330. The molecular weight excluding hydrogens is 362 g/mol. The number of ether oxygens (including phenoxy) is 1. The van der Waals surface area contributed by atoms with Crippen molar-refractivity contribution in [3.8, 4) is 0 Å². The van der Waals surface area contributed by atoms with Gasteiger partial charge in [-0.2, -0.15) is 0 Å². The molecule has 0 saturated carbocycles. The van der Waals surface area contributed by atoms with Crippen molar-refractivity contribution < 1.29 is 14.3 Å². The third-order valence-corrected chi connectivity index (χ3v) is 4.87. The Labute approximate surface area is 163 Å². The smallest absolute Gasteiger partial charge is 0.252 e. The molecule has 144 valence electrons. The van der Waals surface area contributed by atoms with Crippen LogP contribution >= 0.6 is 11.8 Å². The molecule has 0 atom stereocenters. The van der Waals surface area contributed by atoms with Crippen molar-refractivity contribution in [1.29, 1.82) is 0 Å². The number of hydrogen-bond donors (Lipinski definition) is 3. The molecule has 6 nitrogen and oxygen atoms in total. The number of benzene rings is 2. The zero-order valence-corrected chi connectivity index (χ0v) is 16.2. The highest BCUT2D eigenvalue weighted by molar-refractivity contribution is 8.00. The molecule has 0 spiro atoms. The molecule has 0 heterocycles. The topological polar surface area (TPSA) is 93.4 Å². The maximum Gasteiger partial charge on any atom is 0.252 e. The van der Waals surface area contributed by atoms with Gasteiger partial charge in [0.2, 0.25) is 5.91 Å².